The largest absolute Gasteiger partial charge is 0.444 e. The van der Waals surface area contributed by atoms with Crippen LogP contribution in [0.4, 0.5) is 4.79 Å². The van der Waals surface area contributed by atoms with Crippen molar-refractivity contribution >= 4 is 6.09 Å². The van der Waals surface area contributed by atoms with Gasteiger partial charge in [0.2, 0.25) is 0 Å². The molecular weight excluding hydrogens is 242 g/mol. The van der Waals surface area contributed by atoms with Gasteiger partial charge in [0.25, 0.3) is 0 Å². The van der Waals surface area contributed by atoms with Crippen molar-refractivity contribution in [1.29, 1.82) is 0 Å². The molecule has 0 aromatic rings. The Morgan fingerprint density at radius 3 is 2.68 bits per heavy atom. The molecule has 1 amide bonds. The Morgan fingerprint density at radius 1 is 1.26 bits per heavy atom. The van der Waals surface area contributed by atoms with Gasteiger partial charge in [0.15, 0.2) is 0 Å². The predicted octanol–water partition coefficient (Wildman–Crippen LogP) is 1.15. The van der Waals surface area contributed by atoms with Gasteiger partial charge in [0.1, 0.15) is 5.60 Å². The van der Waals surface area contributed by atoms with Gasteiger partial charge in [-0.15, -0.1) is 0 Å². The lowest BCUT2D eigenvalue weighted by Gasteiger charge is -2.41. The molecule has 0 bridgehead atoms. The van der Waals surface area contributed by atoms with Gasteiger partial charge >= 0.3 is 6.09 Å². The zero-order valence-electron chi connectivity index (χ0n) is 12.4. The molecule has 110 valence electrons. The van der Waals surface area contributed by atoms with Gasteiger partial charge in [0.05, 0.1) is 0 Å². The fourth-order valence-electron chi connectivity index (χ4n) is 2.61. The predicted molar refractivity (Wildman–Crippen MR) is 75.2 cm³/mol. The van der Waals surface area contributed by atoms with Crippen LogP contribution in [0, 0.1) is 5.92 Å². The monoisotopic (exact) mass is 269 g/mol. The van der Waals surface area contributed by atoms with Crippen molar-refractivity contribution in [1.82, 2.24) is 15.1 Å². The highest BCUT2D eigenvalue weighted by atomic mass is 16.6. The molecule has 0 aromatic carbocycles. The van der Waals surface area contributed by atoms with E-state index in [2.05, 4.69) is 10.2 Å². The number of likely N-dealkylation sites (tertiary alicyclic amines) is 1. The van der Waals surface area contributed by atoms with Gasteiger partial charge in [-0.2, -0.15) is 0 Å². The molecule has 5 nitrogen and oxygen atoms in total. The van der Waals surface area contributed by atoms with Crippen molar-refractivity contribution in [2.24, 2.45) is 5.92 Å². The van der Waals surface area contributed by atoms with Crippen LogP contribution in [0.1, 0.15) is 27.2 Å². The number of hydrogen-bond acceptors (Lipinski definition) is 4. The van der Waals surface area contributed by atoms with E-state index in [0.717, 1.165) is 39.3 Å². The van der Waals surface area contributed by atoms with Crippen molar-refractivity contribution in [3.05, 3.63) is 0 Å². The third-order valence-corrected chi connectivity index (χ3v) is 3.56. The number of nitrogens with zero attached hydrogens (tertiary/aromatic N) is 2. The number of carbonyl (C=O) groups is 1. The summed E-state index contributed by atoms with van der Waals surface area (Å²) in [5.74, 6) is 0.616. The number of amides is 1. The van der Waals surface area contributed by atoms with E-state index in [1.165, 1.54) is 13.0 Å². The van der Waals surface area contributed by atoms with Crippen LogP contribution >= 0.6 is 0 Å². The maximum absolute atomic E-state index is 11.8. The van der Waals surface area contributed by atoms with Crippen LogP contribution in [0.2, 0.25) is 0 Å². The standard InChI is InChI=1S/C14H27N3O2/c1-14(2,3)19-13(18)17-10-12(11-17)9-16-7-4-5-15-6-8-16/h12,15H,4-11H2,1-3H3. The summed E-state index contributed by atoms with van der Waals surface area (Å²) in [7, 11) is 0. The van der Waals surface area contributed by atoms with E-state index >= 15 is 0 Å². The van der Waals surface area contributed by atoms with Crippen molar-refractivity contribution in [2.45, 2.75) is 32.8 Å². The molecule has 0 saturated carbocycles. The van der Waals surface area contributed by atoms with Gasteiger partial charge in [-0.05, 0) is 40.3 Å². The lowest BCUT2D eigenvalue weighted by atomic mass is 10.00. The fraction of sp³-hybridized carbons (Fsp3) is 0.929. The van der Waals surface area contributed by atoms with E-state index < -0.39 is 5.60 Å². The lowest BCUT2D eigenvalue weighted by molar-refractivity contribution is -0.00604. The van der Waals surface area contributed by atoms with E-state index in [9.17, 15) is 4.79 Å². The molecule has 0 unspecified atom stereocenters. The molecular formula is C14H27N3O2. The molecule has 0 aliphatic carbocycles. The minimum absolute atomic E-state index is 0.165. The van der Waals surface area contributed by atoms with E-state index in [4.69, 9.17) is 4.74 Å². The molecule has 2 aliphatic heterocycles. The molecule has 2 fully saturated rings. The van der Waals surface area contributed by atoms with Gasteiger partial charge < -0.3 is 19.9 Å². The Kier molecular flexibility index (Phi) is 4.68. The second-order valence-electron chi connectivity index (χ2n) is 6.66. The molecule has 2 saturated heterocycles. The van der Waals surface area contributed by atoms with E-state index in [-0.39, 0.29) is 6.09 Å². The summed E-state index contributed by atoms with van der Waals surface area (Å²) in [6.45, 7) is 13.1. The molecule has 0 atom stereocenters. The summed E-state index contributed by atoms with van der Waals surface area (Å²) in [6.07, 6.45) is 1.06. The molecule has 0 aromatic heterocycles. The van der Waals surface area contributed by atoms with Gasteiger partial charge in [-0.1, -0.05) is 0 Å². The quantitative estimate of drug-likeness (QED) is 0.817. The van der Waals surface area contributed by atoms with Crippen LogP contribution in [0.15, 0.2) is 0 Å². The Bertz CT molecular complexity index is 300. The highest BCUT2D eigenvalue weighted by Gasteiger charge is 2.34. The summed E-state index contributed by atoms with van der Waals surface area (Å²) in [5.41, 5.74) is -0.390. The zero-order chi connectivity index (χ0) is 13.9. The van der Waals surface area contributed by atoms with Gasteiger partial charge in [-0.3, -0.25) is 0 Å². The fourth-order valence-corrected chi connectivity index (χ4v) is 2.61. The summed E-state index contributed by atoms with van der Waals surface area (Å²) >= 11 is 0. The summed E-state index contributed by atoms with van der Waals surface area (Å²) in [5, 5.41) is 3.41. The second kappa shape index (κ2) is 6.09. The van der Waals surface area contributed by atoms with Gasteiger partial charge in [-0.25, -0.2) is 4.79 Å². The first-order chi connectivity index (χ1) is 8.94. The van der Waals surface area contributed by atoms with Crippen LogP contribution in [-0.4, -0.2) is 67.3 Å². The summed E-state index contributed by atoms with van der Waals surface area (Å²) in [4.78, 5) is 16.1. The zero-order valence-corrected chi connectivity index (χ0v) is 12.4. The highest BCUT2D eigenvalue weighted by Crippen LogP contribution is 2.20. The SMILES string of the molecule is CC(C)(C)OC(=O)N1CC(CN2CCCNCC2)C1. The smallest absolute Gasteiger partial charge is 0.410 e. The number of rotatable bonds is 2. The number of nitrogens with one attached hydrogen (secondary N) is 1. The average Bonchev–Trinajstić information content (AvgIpc) is 2.48. The Hall–Kier alpha value is -0.810. The molecule has 2 rings (SSSR count). The average molecular weight is 269 g/mol. The maximum atomic E-state index is 11.8. The lowest BCUT2D eigenvalue weighted by Crippen LogP contribution is -2.55. The van der Waals surface area contributed by atoms with Crippen LogP contribution in [0.25, 0.3) is 0 Å². The number of ether oxygens (including phenoxy) is 1. The van der Waals surface area contributed by atoms with Gasteiger partial charge in [0, 0.05) is 38.6 Å². The molecule has 1 N–H and O–H groups in total. The molecule has 2 heterocycles. The first kappa shape index (κ1) is 14.6. The maximum Gasteiger partial charge on any atom is 0.410 e. The van der Waals surface area contributed by atoms with Crippen LogP contribution in [0.3, 0.4) is 0 Å². The second-order valence-corrected chi connectivity index (χ2v) is 6.66. The van der Waals surface area contributed by atoms with Crippen molar-refractivity contribution in [3.8, 4) is 0 Å². The first-order valence-electron chi connectivity index (χ1n) is 7.35. The van der Waals surface area contributed by atoms with Crippen LogP contribution in [-0.2, 0) is 4.74 Å². The molecule has 0 radical (unpaired) electrons. The summed E-state index contributed by atoms with van der Waals surface area (Å²) in [6, 6.07) is 0. The number of carbonyl (C=O) groups excluding carboxylic acids is 1. The van der Waals surface area contributed by atoms with Crippen molar-refractivity contribution < 1.29 is 9.53 Å². The minimum Gasteiger partial charge on any atom is -0.444 e. The molecule has 2 aliphatic rings. The topological polar surface area (TPSA) is 44.8 Å². The van der Waals surface area contributed by atoms with E-state index in [0.29, 0.717) is 5.92 Å². The highest BCUT2D eigenvalue weighted by molar-refractivity contribution is 5.69. The normalized spacial score (nSPS) is 22.8. The number of hydrogen-bond donors (Lipinski definition) is 1. The summed E-state index contributed by atoms with van der Waals surface area (Å²) < 4.78 is 5.36. The Labute approximate surface area is 116 Å². The van der Waals surface area contributed by atoms with E-state index in [1.807, 2.05) is 25.7 Å². The molecule has 5 heteroatoms. The minimum atomic E-state index is -0.390. The van der Waals surface area contributed by atoms with Crippen LogP contribution < -0.4 is 5.32 Å². The van der Waals surface area contributed by atoms with Crippen molar-refractivity contribution in [2.75, 3.05) is 45.8 Å². The first-order valence-corrected chi connectivity index (χ1v) is 7.35. The Morgan fingerprint density at radius 2 is 2.00 bits per heavy atom. The van der Waals surface area contributed by atoms with Crippen LogP contribution in [0.5, 0.6) is 0 Å². The third kappa shape index (κ3) is 4.66. The Balaban J connectivity index is 1.66. The van der Waals surface area contributed by atoms with E-state index in [1.54, 1.807) is 0 Å². The van der Waals surface area contributed by atoms with Crippen molar-refractivity contribution in [3.63, 3.8) is 0 Å². The third-order valence-electron chi connectivity index (χ3n) is 3.56. The molecule has 0 spiro atoms. The molecule has 19 heavy (non-hydrogen) atoms.